The molecule has 0 amide bonds. The number of fused-ring (bicyclic) bond motifs is 1. The van der Waals surface area contributed by atoms with Crippen molar-refractivity contribution in [1.29, 1.82) is 0 Å². The van der Waals surface area contributed by atoms with Crippen LogP contribution in [-0.4, -0.2) is 77.7 Å². The average Bonchev–Trinajstić information content (AvgIpc) is 3.69. The highest BCUT2D eigenvalue weighted by Crippen LogP contribution is 2.35. The summed E-state index contributed by atoms with van der Waals surface area (Å²) in [6.07, 6.45) is 11.9. The van der Waals surface area contributed by atoms with Gasteiger partial charge in [0.2, 0.25) is 16.0 Å². The van der Waals surface area contributed by atoms with E-state index in [4.69, 9.17) is 30.2 Å². The van der Waals surface area contributed by atoms with Gasteiger partial charge in [0, 0.05) is 43.3 Å². The van der Waals surface area contributed by atoms with E-state index >= 15 is 0 Å². The zero-order valence-corrected chi connectivity index (χ0v) is 25.3. The van der Waals surface area contributed by atoms with E-state index in [0.29, 0.717) is 61.3 Å². The fourth-order valence-electron chi connectivity index (χ4n) is 6.54. The second-order valence-corrected chi connectivity index (χ2v) is 13.7. The van der Waals surface area contributed by atoms with Gasteiger partial charge in [-0.15, -0.1) is 0 Å². The zero-order chi connectivity index (χ0) is 29.3. The first-order valence-corrected chi connectivity index (χ1v) is 16.5. The Bertz CT molecular complexity index is 1490. The number of nitrogens with one attached hydrogen (secondary N) is 2. The van der Waals surface area contributed by atoms with Crippen LogP contribution in [-0.2, 0) is 10.0 Å². The van der Waals surface area contributed by atoms with E-state index in [1.165, 1.54) is 37.4 Å². The molecule has 3 aliphatic rings. The van der Waals surface area contributed by atoms with Gasteiger partial charge in [-0.05, 0) is 63.5 Å². The number of rotatable bonds is 9. The Balaban J connectivity index is 1.19. The number of sulfonamides is 1. The maximum absolute atomic E-state index is 13.4. The minimum absolute atomic E-state index is 0.0529. The lowest BCUT2D eigenvalue weighted by atomic mass is 9.92. The number of hydrogen-bond donors (Lipinski definition) is 3. The molecule has 0 bridgehead atoms. The number of hydrogen-bond acceptors (Lipinski definition) is 10. The number of ether oxygens (including phenoxy) is 2. The lowest BCUT2D eigenvalue weighted by molar-refractivity contribution is 0.328. The van der Waals surface area contributed by atoms with Gasteiger partial charge in [-0.3, -0.25) is 0 Å². The van der Waals surface area contributed by atoms with E-state index in [1.807, 2.05) is 6.33 Å². The lowest BCUT2D eigenvalue weighted by Gasteiger charge is -2.32. The summed E-state index contributed by atoms with van der Waals surface area (Å²) >= 11 is 0. The smallest absolute Gasteiger partial charge is 0.243 e. The van der Waals surface area contributed by atoms with Crippen molar-refractivity contribution in [3.63, 3.8) is 0 Å². The molecule has 1 aliphatic heterocycles. The number of benzene rings is 1. The number of aromatic nitrogens is 4. The maximum atomic E-state index is 13.4. The van der Waals surface area contributed by atoms with Crippen molar-refractivity contribution in [2.75, 3.05) is 37.9 Å². The lowest BCUT2D eigenvalue weighted by Crippen LogP contribution is -2.42. The molecule has 3 aromatic rings. The third-order valence-corrected chi connectivity index (χ3v) is 10.9. The van der Waals surface area contributed by atoms with Gasteiger partial charge in [0.1, 0.15) is 0 Å². The number of methoxy groups -OCH3 is 2. The molecule has 1 aromatic carbocycles. The first-order valence-electron chi connectivity index (χ1n) is 15.1. The first-order chi connectivity index (χ1) is 20.4. The summed E-state index contributed by atoms with van der Waals surface area (Å²) in [6, 6.07) is 5.73. The van der Waals surface area contributed by atoms with Crippen LogP contribution in [0.3, 0.4) is 0 Å². The molecule has 2 aromatic heterocycles. The Kier molecular flexibility index (Phi) is 8.42. The monoisotopic (exact) mass is 598 g/mol. The van der Waals surface area contributed by atoms with Crippen molar-refractivity contribution in [2.45, 2.75) is 93.3 Å². The van der Waals surface area contributed by atoms with Crippen LogP contribution in [0.15, 0.2) is 29.4 Å². The van der Waals surface area contributed by atoms with Crippen LogP contribution in [0.4, 0.5) is 11.8 Å². The number of nitrogens with two attached hydrogens (primary N) is 1. The normalized spacial score (nSPS) is 22.8. The van der Waals surface area contributed by atoms with Crippen LogP contribution in [0.1, 0.15) is 70.3 Å². The molecule has 2 saturated carbocycles. The standard InChI is InChI=1S/C29H42N8O4S/c1-40-24-12-11-23(17-25(24)41-2)42(38,39)36-15-13-21(14-16-36)32-27-26-28(37(18-31-26)22-5-3-4-6-22)35-29(34-27)33-20-9-7-19(30)8-10-20/h11-12,17-22H,3-10,13-16,30H2,1-2H3,(H2,32,33,34,35)/t19-,20-. The molecule has 42 heavy (non-hydrogen) atoms. The Morgan fingerprint density at radius 1 is 0.881 bits per heavy atom. The molecular weight excluding hydrogens is 556 g/mol. The van der Waals surface area contributed by atoms with Crippen LogP contribution < -0.4 is 25.8 Å². The fraction of sp³-hybridized carbons (Fsp3) is 0.621. The number of piperidine rings is 1. The average molecular weight is 599 g/mol. The highest BCUT2D eigenvalue weighted by Gasteiger charge is 2.31. The van der Waals surface area contributed by atoms with Crippen LogP contribution in [0, 0.1) is 0 Å². The Hall–Kier alpha value is -3.16. The molecule has 13 heteroatoms. The molecular formula is C29H42N8O4S. The molecule has 0 radical (unpaired) electrons. The Morgan fingerprint density at radius 2 is 1.57 bits per heavy atom. The summed E-state index contributed by atoms with van der Waals surface area (Å²) in [6.45, 7) is 0.791. The molecule has 6 rings (SSSR count). The molecule has 228 valence electrons. The predicted octanol–water partition coefficient (Wildman–Crippen LogP) is 3.91. The van der Waals surface area contributed by atoms with Crippen molar-refractivity contribution in [1.82, 2.24) is 23.8 Å². The number of imidazole rings is 1. The van der Waals surface area contributed by atoms with Crippen molar-refractivity contribution < 1.29 is 17.9 Å². The summed E-state index contributed by atoms with van der Waals surface area (Å²) in [4.78, 5) is 14.8. The van der Waals surface area contributed by atoms with E-state index in [0.717, 1.165) is 49.7 Å². The minimum atomic E-state index is -3.67. The summed E-state index contributed by atoms with van der Waals surface area (Å²) in [5, 5.41) is 7.19. The van der Waals surface area contributed by atoms with Gasteiger partial charge in [0.05, 0.1) is 25.4 Å². The molecule has 4 N–H and O–H groups in total. The predicted molar refractivity (Wildman–Crippen MR) is 162 cm³/mol. The van der Waals surface area contributed by atoms with Crippen LogP contribution in [0.5, 0.6) is 11.5 Å². The van der Waals surface area contributed by atoms with E-state index < -0.39 is 10.0 Å². The highest BCUT2D eigenvalue weighted by molar-refractivity contribution is 7.89. The fourth-order valence-corrected chi connectivity index (χ4v) is 8.02. The number of nitrogens with zero attached hydrogens (tertiary/aromatic N) is 5. The molecule has 1 saturated heterocycles. The van der Waals surface area contributed by atoms with Crippen molar-refractivity contribution in [3.8, 4) is 11.5 Å². The van der Waals surface area contributed by atoms with Gasteiger partial charge in [-0.2, -0.15) is 14.3 Å². The third-order valence-electron chi connectivity index (χ3n) is 9.03. The van der Waals surface area contributed by atoms with Gasteiger partial charge in [0.25, 0.3) is 0 Å². The second kappa shape index (κ2) is 12.2. The molecule has 0 spiro atoms. The molecule has 3 fully saturated rings. The van der Waals surface area contributed by atoms with Crippen LogP contribution in [0.2, 0.25) is 0 Å². The topological polar surface area (TPSA) is 150 Å². The van der Waals surface area contributed by atoms with E-state index in [9.17, 15) is 8.42 Å². The SMILES string of the molecule is COc1ccc(S(=O)(=O)N2CCC(Nc3nc(N[C@H]4CC[C@H](N)CC4)nc4c3ncn4C3CCCC3)CC2)cc1OC. The Labute approximate surface area is 247 Å². The molecule has 0 atom stereocenters. The third kappa shape index (κ3) is 5.86. The van der Waals surface area contributed by atoms with Gasteiger partial charge < -0.3 is 30.4 Å². The molecule has 3 heterocycles. The molecule has 0 unspecified atom stereocenters. The van der Waals surface area contributed by atoms with Crippen LogP contribution in [0.25, 0.3) is 11.2 Å². The summed E-state index contributed by atoms with van der Waals surface area (Å²) < 4.78 is 41.2. The summed E-state index contributed by atoms with van der Waals surface area (Å²) in [5.41, 5.74) is 7.74. The summed E-state index contributed by atoms with van der Waals surface area (Å²) in [7, 11) is -0.649. The second-order valence-electron chi connectivity index (χ2n) is 11.8. The first kappa shape index (κ1) is 28.9. The van der Waals surface area contributed by atoms with Crippen molar-refractivity contribution in [3.05, 3.63) is 24.5 Å². The summed E-state index contributed by atoms with van der Waals surface area (Å²) in [5.74, 6) is 2.19. The van der Waals surface area contributed by atoms with Gasteiger partial charge in [-0.25, -0.2) is 13.4 Å². The van der Waals surface area contributed by atoms with Crippen molar-refractivity contribution >= 4 is 33.0 Å². The largest absolute Gasteiger partial charge is 0.493 e. The van der Waals surface area contributed by atoms with Crippen LogP contribution >= 0.6 is 0 Å². The number of anilines is 2. The zero-order valence-electron chi connectivity index (χ0n) is 24.5. The van der Waals surface area contributed by atoms with Crippen molar-refractivity contribution in [2.24, 2.45) is 5.73 Å². The van der Waals surface area contributed by atoms with E-state index in [-0.39, 0.29) is 17.0 Å². The molecule has 12 nitrogen and oxygen atoms in total. The van der Waals surface area contributed by atoms with Gasteiger partial charge >= 0.3 is 0 Å². The van der Waals surface area contributed by atoms with Gasteiger partial charge in [-0.1, -0.05) is 12.8 Å². The maximum Gasteiger partial charge on any atom is 0.243 e. The highest BCUT2D eigenvalue weighted by atomic mass is 32.2. The quantitative estimate of drug-likeness (QED) is 0.331. The minimum Gasteiger partial charge on any atom is -0.493 e. The van der Waals surface area contributed by atoms with Gasteiger partial charge in [0.15, 0.2) is 28.5 Å². The Morgan fingerprint density at radius 3 is 2.26 bits per heavy atom. The molecule has 2 aliphatic carbocycles. The van der Waals surface area contributed by atoms with E-state index in [2.05, 4.69) is 15.2 Å². The van der Waals surface area contributed by atoms with E-state index in [1.54, 1.807) is 12.1 Å².